The normalized spacial score (nSPS) is 15.2. The van der Waals surface area contributed by atoms with Crippen LogP contribution in [-0.2, 0) is 5.41 Å². The van der Waals surface area contributed by atoms with Gasteiger partial charge in [0.1, 0.15) is 0 Å². The molecule has 0 amide bonds. The lowest BCUT2D eigenvalue weighted by molar-refractivity contribution is 0.661. The van der Waals surface area contributed by atoms with E-state index in [0.29, 0.717) is 0 Å². The van der Waals surface area contributed by atoms with Gasteiger partial charge in [-0.2, -0.15) is 0 Å². The van der Waals surface area contributed by atoms with Gasteiger partial charge in [0, 0.05) is 31.0 Å². The lowest BCUT2D eigenvalue weighted by atomic mass is 9.81. The molecule has 1 aliphatic carbocycles. The highest BCUT2D eigenvalue weighted by Gasteiger charge is 2.37. The van der Waals surface area contributed by atoms with Crippen LogP contribution in [0.25, 0.3) is 47.6 Å². The predicted molar refractivity (Wildman–Crippen MR) is 143 cm³/mol. The lowest BCUT2D eigenvalue weighted by Gasteiger charge is -2.21. The van der Waals surface area contributed by atoms with Crippen LogP contribution in [0.1, 0.15) is 44.4 Å². The van der Waals surface area contributed by atoms with E-state index in [-0.39, 0.29) is 5.41 Å². The molecule has 4 aromatic carbocycles. The maximum atomic E-state index is 2.42. The first-order valence-electron chi connectivity index (χ1n) is 11.4. The summed E-state index contributed by atoms with van der Waals surface area (Å²) in [5.74, 6) is 0. The van der Waals surface area contributed by atoms with Gasteiger partial charge in [0.15, 0.2) is 0 Å². The third kappa shape index (κ3) is 2.55. The zero-order valence-corrected chi connectivity index (χ0v) is 19.8. The molecule has 1 aliphatic rings. The summed E-state index contributed by atoms with van der Waals surface area (Å²) in [6.07, 6.45) is 6.53. The van der Waals surface area contributed by atoms with E-state index in [9.17, 15) is 0 Å². The third-order valence-corrected chi connectivity index (χ3v) is 8.36. The van der Waals surface area contributed by atoms with Gasteiger partial charge in [-0.25, -0.2) is 0 Å². The first kappa shape index (κ1) is 19.5. The summed E-state index contributed by atoms with van der Waals surface area (Å²) < 4.78 is 2.78. The van der Waals surface area contributed by atoms with Gasteiger partial charge in [-0.05, 0) is 64.8 Å². The molecule has 0 bridgehead atoms. The van der Waals surface area contributed by atoms with E-state index in [1.165, 1.54) is 64.3 Å². The Morgan fingerprint density at radius 1 is 0.844 bits per heavy atom. The van der Waals surface area contributed by atoms with Crippen LogP contribution in [0, 0.1) is 0 Å². The van der Waals surface area contributed by atoms with Gasteiger partial charge in [-0.15, -0.1) is 11.3 Å². The molecule has 0 N–H and O–H groups in total. The van der Waals surface area contributed by atoms with E-state index in [4.69, 9.17) is 0 Å². The monoisotopic (exact) mass is 430 g/mol. The van der Waals surface area contributed by atoms with Gasteiger partial charge < -0.3 is 0 Å². The fourth-order valence-electron chi connectivity index (χ4n) is 5.55. The van der Waals surface area contributed by atoms with Crippen LogP contribution in [0.4, 0.5) is 0 Å². The van der Waals surface area contributed by atoms with Crippen molar-refractivity contribution in [1.82, 2.24) is 0 Å². The summed E-state index contributed by atoms with van der Waals surface area (Å²) in [7, 11) is 0. The van der Waals surface area contributed by atoms with Gasteiger partial charge in [-0.1, -0.05) is 86.7 Å². The topological polar surface area (TPSA) is 0 Å². The van der Waals surface area contributed by atoms with Crippen molar-refractivity contribution in [3.8, 4) is 11.1 Å². The SMILES string of the molecule is C/C=C\C(=C/C)c1ccc2c(c1)-c1c(ccc3ccc4c5ccccc5sc4c13)C2(C)C. The van der Waals surface area contributed by atoms with E-state index >= 15 is 0 Å². The number of hydrogen-bond acceptors (Lipinski definition) is 1. The fourth-order valence-corrected chi connectivity index (χ4v) is 6.82. The Hall–Kier alpha value is -3.16. The number of hydrogen-bond donors (Lipinski definition) is 0. The molecule has 0 spiro atoms. The minimum absolute atomic E-state index is 0.00702. The zero-order valence-electron chi connectivity index (χ0n) is 19.0. The van der Waals surface area contributed by atoms with Crippen molar-refractivity contribution in [2.24, 2.45) is 0 Å². The average Bonchev–Trinajstić information content (AvgIpc) is 3.30. The van der Waals surface area contributed by atoms with Crippen molar-refractivity contribution in [2.45, 2.75) is 33.1 Å². The lowest BCUT2D eigenvalue weighted by Crippen LogP contribution is -2.14. The first-order valence-corrected chi connectivity index (χ1v) is 12.2. The van der Waals surface area contributed by atoms with Gasteiger partial charge in [0.05, 0.1) is 0 Å². The Balaban J connectivity index is 1.76. The molecule has 0 saturated heterocycles. The predicted octanol–water partition coefficient (Wildman–Crippen LogP) is 9.49. The summed E-state index contributed by atoms with van der Waals surface area (Å²) in [6.45, 7) is 8.95. The second-order valence-electron chi connectivity index (χ2n) is 9.26. The van der Waals surface area contributed by atoms with Crippen LogP contribution in [0.5, 0.6) is 0 Å². The van der Waals surface area contributed by atoms with Crippen LogP contribution in [0.2, 0.25) is 0 Å². The van der Waals surface area contributed by atoms with Crippen LogP contribution in [-0.4, -0.2) is 0 Å². The minimum atomic E-state index is -0.00702. The molecular weight excluding hydrogens is 404 g/mol. The molecule has 5 aromatic rings. The molecule has 156 valence electrons. The highest BCUT2D eigenvalue weighted by Crippen LogP contribution is 2.54. The first-order chi connectivity index (χ1) is 15.5. The molecular formula is C31H26S. The smallest absolute Gasteiger partial charge is 0.0440 e. The second kappa shape index (κ2) is 6.92. The van der Waals surface area contributed by atoms with Crippen molar-refractivity contribution in [2.75, 3.05) is 0 Å². The molecule has 32 heavy (non-hydrogen) atoms. The van der Waals surface area contributed by atoms with Gasteiger partial charge in [-0.3, -0.25) is 0 Å². The Morgan fingerprint density at radius 3 is 2.44 bits per heavy atom. The highest BCUT2D eigenvalue weighted by molar-refractivity contribution is 7.26. The van der Waals surface area contributed by atoms with Crippen LogP contribution in [0.3, 0.4) is 0 Å². The average molecular weight is 431 g/mol. The molecule has 6 rings (SSSR count). The highest BCUT2D eigenvalue weighted by atomic mass is 32.1. The second-order valence-corrected chi connectivity index (χ2v) is 10.3. The van der Waals surface area contributed by atoms with Crippen LogP contribution in [0.15, 0.2) is 85.0 Å². The van der Waals surface area contributed by atoms with Gasteiger partial charge >= 0.3 is 0 Å². The van der Waals surface area contributed by atoms with E-state index in [2.05, 4.69) is 113 Å². The molecule has 0 aliphatic heterocycles. The summed E-state index contributed by atoms with van der Waals surface area (Å²) >= 11 is 1.93. The van der Waals surface area contributed by atoms with Gasteiger partial charge in [0.25, 0.3) is 0 Å². The largest absolute Gasteiger partial charge is 0.135 e. The number of benzene rings is 4. The van der Waals surface area contributed by atoms with E-state index in [1.54, 1.807) is 0 Å². The van der Waals surface area contributed by atoms with Crippen LogP contribution < -0.4 is 0 Å². The summed E-state index contributed by atoms with van der Waals surface area (Å²) in [4.78, 5) is 0. The van der Waals surface area contributed by atoms with Crippen molar-refractivity contribution in [3.05, 3.63) is 102 Å². The molecule has 0 radical (unpaired) electrons. The van der Waals surface area contributed by atoms with Gasteiger partial charge in [0.2, 0.25) is 0 Å². The summed E-state index contributed by atoms with van der Waals surface area (Å²) in [6, 6.07) is 25.2. The number of rotatable bonds is 2. The number of allylic oxidation sites excluding steroid dienone is 4. The third-order valence-electron chi connectivity index (χ3n) is 7.15. The molecule has 0 saturated carbocycles. The molecule has 0 fully saturated rings. The molecule has 0 atom stereocenters. The van der Waals surface area contributed by atoms with Crippen LogP contribution >= 0.6 is 11.3 Å². The molecule has 1 heteroatoms. The standard InChI is InChI=1S/C31H26S/c1-5-9-19(6-2)21-14-16-25-24(18-21)29-26(31(25,3)4)17-13-20-12-15-23-22-10-7-8-11-27(22)32-30(23)28(20)29/h5-18H,1-4H3/b9-5-,19-6+. The van der Waals surface area contributed by atoms with Crippen molar-refractivity contribution >= 4 is 47.9 Å². The Labute approximate surface area is 193 Å². The number of thiophene rings is 1. The maximum absolute atomic E-state index is 2.42. The number of fused-ring (bicyclic) bond motifs is 9. The summed E-state index contributed by atoms with van der Waals surface area (Å²) in [5, 5.41) is 5.48. The Kier molecular flexibility index (Phi) is 4.22. The molecule has 1 aromatic heterocycles. The molecule has 0 nitrogen and oxygen atoms in total. The minimum Gasteiger partial charge on any atom is -0.135 e. The molecule has 1 heterocycles. The quantitative estimate of drug-likeness (QED) is 0.245. The van der Waals surface area contributed by atoms with E-state index in [1.807, 2.05) is 11.3 Å². The summed E-state index contributed by atoms with van der Waals surface area (Å²) in [5.41, 5.74) is 8.24. The Bertz CT molecular complexity index is 1600. The fraction of sp³-hybridized carbons (Fsp3) is 0.161. The Morgan fingerprint density at radius 2 is 1.62 bits per heavy atom. The van der Waals surface area contributed by atoms with Crippen molar-refractivity contribution < 1.29 is 0 Å². The van der Waals surface area contributed by atoms with E-state index < -0.39 is 0 Å². The van der Waals surface area contributed by atoms with E-state index in [0.717, 1.165) is 0 Å². The zero-order chi connectivity index (χ0) is 22.0. The maximum Gasteiger partial charge on any atom is 0.0440 e. The van der Waals surface area contributed by atoms with Crippen molar-refractivity contribution in [3.63, 3.8) is 0 Å². The molecule has 0 unspecified atom stereocenters. The van der Waals surface area contributed by atoms with Crippen molar-refractivity contribution in [1.29, 1.82) is 0 Å².